The largest absolute Gasteiger partial charge is 0.417 e. The van der Waals surface area contributed by atoms with Crippen molar-refractivity contribution in [3.8, 4) is 5.82 Å². The third kappa shape index (κ3) is 5.67. The van der Waals surface area contributed by atoms with Crippen LogP contribution in [0.2, 0.25) is 0 Å². The predicted molar refractivity (Wildman–Crippen MR) is 98.3 cm³/mol. The number of hydrogen-bond donors (Lipinski definition) is 2. The lowest BCUT2D eigenvalue weighted by Crippen LogP contribution is -2.29. The molecule has 2 heterocycles. The topological polar surface area (TPSA) is 85.8 Å². The second-order valence-electron chi connectivity index (χ2n) is 6.43. The van der Waals surface area contributed by atoms with E-state index in [1.54, 1.807) is 0 Å². The monoisotopic (exact) mass is 405 g/mol. The van der Waals surface area contributed by atoms with Gasteiger partial charge in [0.1, 0.15) is 0 Å². The van der Waals surface area contributed by atoms with Gasteiger partial charge in [0.15, 0.2) is 5.82 Å². The molecule has 0 aliphatic heterocycles. The number of carbonyl (C=O) groups is 1. The number of nitrogens with one attached hydrogen (secondary N) is 1. The lowest BCUT2D eigenvalue weighted by atomic mass is 10.1. The van der Waals surface area contributed by atoms with Crippen LogP contribution in [-0.4, -0.2) is 33.3 Å². The Kier molecular flexibility index (Phi) is 7.79. The van der Waals surface area contributed by atoms with Gasteiger partial charge in [-0.25, -0.2) is 9.67 Å². The quantitative estimate of drug-likeness (QED) is 0.772. The summed E-state index contributed by atoms with van der Waals surface area (Å²) in [5.74, 6) is -0.167. The fourth-order valence-corrected chi connectivity index (χ4v) is 2.46. The minimum absolute atomic E-state index is 0. The van der Waals surface area contributed by atoms with E-state index >= 15 is 0 Å². The van der Waals surface area contributed by atoms with E-state index in [4.69, 9.17) is 5.73 Å². The van der Waals surface area contributed by atoms with E-state index in [0.717, 1.165) is 12.3 Å². The molecular weight excluding hydrogens is 383 g/mol. The summed E-state index contributed by atoms with van der Waals surface area (Å²) in [6, 6.07) is 2.15. The molecule has 1 amide bonds. The molecule has 1 atom stereocenters. The summed E-state index contributed by atoms with van der Waals surface area (Å²) in [7, 11) is 0. The maximum atomic E-state index is 12.7. The number of alkyl halides is 3. The van der Waals surface area contributed by atoms with Gasteiger partial charge in [0, 0.05) is 18.8 Å². The van der Waals surface area contributed by atoms with Crippen molar-refractivity contribution >= 4 is 18.3 Å². The molecule has 2 aromatic rings. The second-order valence-corrected chi connectivity index (χ2v) is 6.43. The lowest BCUT2D eigenvalue weighted by Gasteiger charge is -2.13. The minimum atomic E-state index is -4.46. The molecule has 1 unspecified atom stereocenters. The van der Waals surface area contributed by atoms with E-state index in [2.05, 4.69) is 15.4 Å². The van der Waals surface area contributed by atoms with Gasteiger partial charge in [0.25, 0.3) is 5.91 Å². The molecule has 0 aliphatic rings. The zero-order chi connectivity index (χ0) is 19.5. The van der Waals surface area contributed by atoms with Crippen LogP contribution in [-0.2, 0) is 6.18 Å². The highest BCUT2D eigenvalue weighted by atomic mass is 35.5. The Labute approximate surface area is 161 Å². The number of nitrogens with zero attached hydrogens (tertiary/aromatic N) is 3. The van der Waals surface area contributed by atoms with Gasteiger partial charge in [-0.15, -0.1) is 12.4 Å². The highest BCUT2D eigenvalue weighted by Crippen LogP contribution is 2.29. The Balaban J connectivity index is 0.00000364. The van der Waals surface area contributed by atoms with Crippen molar-refractivity contribution in [2.75, 3.05) is 6.54 Å². The molecule has 0 saturated heterocycles. The van der Waals surface area contributed by atoms with Crippen molar-refractivity contribution in [3.63, 3.8) is 0 Å². The maximum Gasteiger partial charge on any atom is 0.417 e. The second kappa shape index (κ2) is 9.18. The van der Waals surface area contributed by atoms with Crippen molar-refractivity contribution < 1.29 is 18.0 Å². The minimum Gasteiger partial charge on any atom is -0.352 e. The number of halogens is 4. The van der Waals surface area contributed by atoms with Crippen LogP contribution < -0.4 is 11.1 Å². The highest BCUT2D eigenvalue weighted by molar-refractivity contribution is 5.95. The Hall–Kier alpha value is -2.13. The maximum absolute atomic E-state index is 12.7. The average Bonchev–Trinajstić information content (AvgIpc) is 2.99. The molecule has 150 valence electrons. The molecule has 2 aromatic heterocycles. The van der Waals surface area contributed by atoms with E-state index < -0.39 is 11.7 Å². The van der Waals surface area contributed by atoms with Crippen molar-refractivity contribution in [1.29, 1.82) is 0 Å². The van der Waals surface area contributed by atoms with E-state index in [-0.39, 0.29) is 36.1 Å². The Morgan fingerprint density at radius 3 is 2.41 bits per heavy atom. The van der Waals surface area contributed by atoms with Gasteiger partial charge in [-0.1, -0.05) is 13.8 Å². The van der Waals surface area contributed by atoms with Crippen LogP contribution in [0.3, 0.4) is 0 Å². The third-order valence-corrected chi connectivity index (χ3v) is 3.78. The summed E-state index contributed by atoms with van der Waals surface area (Å²) >= 11 is 0. The molecule has 10 heteroatoms. The van der Waals surface area contributed by atoms with E-state index in [1.807, 2.05) is 20.8 Å². The van der Waals surface area contributed by atoms with Crippen LogP contribution >= 0.6 is 12.4 Å². The van der Waals surface area contributed by atoms with E-state index in [0.29, 0.717) is 24.2 Å². The molecule has 0 spiro atoms. The Bertz CT molecular complexity index is 757. The first-order chi connectivity index (χ1) is 12.1. The molecule has 2 rings (SSSR count). The molecule has 0 radical (unpaired) electrons. The van der Waals surface area contributed by atoms with Gasteiger partial charge < -0.3 is 11.1 Å². The molecule has 0 aromatic carbocycles. The molecule has 6 nitrogen and oxygen atoms in total. The van der Waals surface area contributed by atoms with Crippen LogP contribution in [0.1, 0.15) is 54.7 Å². The molecule has 3 N–H and O–H groups in total. The first-order valence-electron chi connectivity index (χ1n) is 8.26. The summed E-state index contributed by atoms with van der Waals surface area (Å²) in [6.45, 7) is 6.02. The normalized spacial score (nSPS) is 12.6. The molecule has 0 saturated carbocycles. The average molecular weight is 406 g/mol. The fraction of sp³-hybridized carbons (Fsp3) is 0.471. The van der Waals surface area contributed by atoms with Gasteiger partial charge in [-0.05, 0) is 31.4 Å². The van der Waals surface area contributed by atoms with Gasteiger partial charge >= 0.3 is 6.18 Å². The summed E-state index contributed by atoms with van der Waals surface area (Å²) in [6.07, 6.45) is -1.67. The number of amides is 1. The predicted octanol–water partition coefficient (Wildman–Crippen LogP) is 3.30. The molecular formula is C17H23ClF3N5O. The summed E-state index contributed by atoms with van der Waals surface area (Å²) in [4.78, 5) is 16.3. The Morgan fingerprint density at radius 2 is 1.93 bits per heavy atom. The fourth-order valence-electron chi connectivity index (χ4n) is 2.46. The zero-order valence-corrected chi connectivity index (χ0v) is 16.1. The standard InChI is InChI=1S/C17H22F3N5O.ClH/c1-10(2)15-13(16(26)22-7-6-11(3)21)9-24-25(15)14-5-4-12(8-23-14)17(18,19)20;/h4-5,8-11H,6-7,21H2,1-3H3,(H,22,26);1H. The van der Waals surface area contributed by atoms with Crippen LogP contribution in [0.25, 0.3) is 5.82 Å². The van der Waals surface area contributed by atoms with Gasteiger partial charge in [-0.2, -0.15) is 18.3 Å². The third-order valence-electron chi connectivity index (χ3n) is 3.78. The first kappa shape index (κ1) is 22.9. The SMILES string of the molecule is CC(N)CCNC(=O)c1cnn(-c2ccc(C(F)(F)F)cn2)c1C(C)C.Cl. The van der Waals surface area contributed by atoms with Gasteiger partial charge in [0.2, 0.25) is 0 Å². The van der Waals surface area contributed by atoms with Crippen LogP contribution in [0, 0.1) is 0 Å². The molecule has 0 fully saturated rings. The number of carbonyl (C=O) groups excluding carboxylic acids is 1. The van der Waals surface area contributed by atoms with Crippen molar-refractivity contribution in [1.82, 2.24) is 20.1 Å². The number of rotatable bonds is 6. The van der Waals surface area contributed by atoms with Crippen LogP contribution in [0.15, 0.2) is 24.5 Å². The van der Waals surface area contributed by atoms with E-state index in [9.17, 15) is 18.0 Å². The highest BCUT2D eigenvalue weighted by Gasteiger charge is 2.31. The number of nitrogens with two attached hydrogens (primary N) is 1. The first-order valence-corrected chi connectivity index (χ1v) is 8.26. The van der Waals surface area contributed by atoms with Gasteiger partial charge in [0.05, 0.1) is 23.0 Å². The van der Waals surface area contributed by atoms with Crippen molar-refractivity contribution in [2.45, 2.75) is 45.3 Å². The molecule has 0 bridgehead atoms. The van der Waals surface area contributed by atoms with Gasteiger partial charge in [-0.3, -0.25) is 4.79 Å². The zero-order valence-electron chi connectivity index (χ0n) is 15.2. The number of hydrogen-bond acceptors (Lipinski definition) is 4. The molecule has 0 aliphatic carbocycles. The summed E-state index contributed by atoms with van der Waals surface area (Å²) in [5.41, 5.74) is 5.77. The Morgan fingerprint density at radius 1 is 1.26 bits per heavy atom. The van der Waals surface area contributed by atoms with Crippen molar-refractivity contribution in [2.24, 2.45) is 5.73 Å². The lowest BCUT2D eigenvalue weighted by molar-refractivity contribution is -0.137. The summed E-state index contributed by atoms with van der Waals surface area (Å²) < 4.78 is 39.5. The number of aromatic nitrogens is 3. The number of pyridine rings is 1. The van der Waals surface area contributed by atoms with E-state index in [1.165, 1.54) is 16.9 Å². The van der Waals surface area contributed by atoms with Crippen molar-refractivity contribution in [3.05, 3.63) is 41.3 Å². The smallest absolute Gasteiger partial charge is 0.352 e. The van der Waals surface area contributed by atoms with Crippen LogP contribution in [0.4, 0.5) is 13.2 Å². The molecule has 27 heavy (non-hydrogen) atoms. The summed E-state index contributed by atoms with van der Waals surface area (Å²) in [5, 5.41) is 6.93. The van der Waals surface area contributed by atoms with Crippen LogP contribution in [0.5, 0.6) is 0 Å².